The highest BCUT2D eigenvalue weighted by molar-refractivity contribution is 8.13. The van der Waals surface area contributed by atoms with E-state index in [1.165, 1.54) is 11.3 Å². The molecular formula is C12H18N2S2. The molecule has 88 valence electrons. The molecule has 2 nitrogen and oxygen atoms in total. The maximum atomic E-state index is 4.55. The van der Waals surface area contributed by atoms with Gasteiger partial charge in [0, 0.05) is 18.3 Å². The first-order valence-corrected chi connectivity index (χ1v) is 7.61. The first kappa shape index (κ1) is 12.0. The van der Waals surface area contributed by atoms with Crippen LogP contribution in [0.4, 0.5) is 0 Å². The molecule has 1 aliphatic rings. The van der Waals surface area contributed by atoms with Gasteiger partial charge >= 0.3 is 0 Å². The number of hydrogen-bond acceptors (Lipinski definition) is 4. The molecule has 0 amide bonds. The van der Waals surface area contributed by atoms with Crippen LogP contribution < -0.4 is 5.32 Å². The highest BCUT2D eigenvalue weighted by Gasteiger charge is 2.13. The summed E-state index contributed by atoms with van der Waals surface area (Å²) in [6.07, 6.45) is 1.08. The lowest BCUT2D eigenvalue weighted by atomic mass is 10.1. The minimum Gasteiger partial charge on any atom is -0.362 e. The smallest absolute Gasteiger partial charge is 0.156 e. The molecule has 0 aliphatic carbocycles. The van der Waals surface area contributed by atoms with E-state index in [0.29, 0.717) is 6.04 Å². The molecule has 1 aliphatic heterocycles. The van der Waals surface area contributed by atoms with E-state index >= 15 is 0 Å². The number of hydrogen-bond donors (Lipinski definition) is 1. The van der Waals surface area contributed by atoms with Crippen molar-refractivity contribution in [3.63, 3.8) is 0 Å². The monoisotopic (exact) mass is 254 g/mol. The lowest BCUT2D eigenvalue weighted by molar-refractivity contribution is 0.641. The van der Waals surface area contributed by atoms with Gasteiger partial charge in [0.25, 0.3) is 0 Å². The molecule has 0 spiro atoms. The van der Waals surface area contributed by atoms with Crippen molar-refractivity contribution in [1.29, 1.82) is 0 Å². The molecular weight excluding hydrogens is 236 g/mol. The Hall–Kier alpha value is -0.480. The van der Waals surface area contributed by atoms with Crippen LogP contribution in [0.2, 0.25) is 0 Å². The van der Waals surface area contributed by atoms with Crippen LogP contribution in [0, 0.1) is 5.92 Å². The fourth-order valence-corrected chi connectivity index (χ4v) is 3.35. The lowest BCUT2D eigenvalue weighted by Crippen LogP contribution is -2.34. The SMILES string of the molecule is CC1CN=C(NC(C)Cc2ccsc2)SC1. The average Bonchev–Trinajstić information content (AvgIpc) is 2.74. The predicted molar refractivity (Wildman–Crippen MR) is 74.5 cm³/mol. The Morgan fingerprint density at radius 2 is 2.50 bits per heavy atom. The number of nitrogens with one attached hydrogen (secondary N) is 1. The zero-order valence-electron chi connectivity index (χ0n) is 9.77. The van der Waals surface area contributed by atoms with E-state index in [-0.39, 0.29) is 0 Å². The van der Waals surface area contributed by atoms with Crippen molar-refractivity contribution >= 4 is 28.3 Å². The molecule has 2 unspecified atom stereocenters. The van der Waals surface area contributed by atoms with Crippen LogP contribution in [-0.4, -0.2) is 23.5 Å². The molecule has 0 radical (unpaired) electrons. The number of thioether (sulfide) groups is 1. The Bertz CT molecular complexity index is 346. The molecule has 1 N–H and O–H groups in total. The van der Waals surface area contributed by atoms with E-state index in [2.05, 4.69) is 41.0 Å². The van der Waals surface area contributed by atoms with Crippen LogP contribution in [0.25, 0.3) is 0 Å². The zero-order chi connectivity index (χ0) is 11.4. The summed E-state index contributed by atoms with van der Waals surface area (Å²) in [5.74, 6) is 1.92. The van der Waals surface area contributed by atoms with Gasteiger partial charge < -0.3 is 5.32 Å². The van der Waals surface area contributed by atoms with Crippen LogP contribution in [0.5, 0.6) is 0 Å². The first-order chi connectivity index (χ1) is 7.74. The van der Waals surface area contributed by atoms with Crippen molar-refractivity contribution in [2.75, 3.05) is 12.3 Å². The van der Waals surface area contributed by atoms with Crippen LogP contribution in [-0.2, 0) is 6.42 Å². The first-order valence-electron chi connectivity index (χ1n) is 5.69. The van der Waals surface area contributed by atoms with E-state index in [1.807, 2.05) is 11.8 Å². The molecule has 0 saturated carbocycles. The molecule has 2 heterocycles. The third-order valence-electron chi connectivity index (χ3n) is 2.54. The van der Waals surface area contributed by atoms with E-state index in [4.69, 9.17) is 0 Å². The predicted octanol–water partition coefficient (Wildman–Crippen LogP) is 3.01. The second-order valence-corrected chi connectivity index (χ2v) is 6.23. The Morgan fingerprint density at radius 1 is 1.62 bits per heavy atom. The summed E-state index contributed by atoms with van der Waals surface area (Å²) in [6, 6.07) is 2.66. The number of rotatable bonds is 3. The van der Waals surface area contributed by atoms with E-state index in [1.54, 1.807) is 11.3 Å². The third-order valence-corrected chi connectivity index (χ3v) is 4.53. The summed E-state index contributed by atoms with van der Waals surface area (Å²) < 4.78 is 0. The standard InChI is InChI=1S/C12H18N2S2/c1-9-6-13-12(16-7-9)14-10(2)5-11-3-4-15-8-11/h3-4,8-10H,5-7H2,1-2H3,(H,13,14). The van der Waals surface area contributed by atoms with E-state index in [0.717, 1.165) is 24.1 Å². The quantitative estimate of drug-likeness (QED) is 0.896. The fourth-order valence-electron chi connectivity index (χ4n) is 1.67. The van der Waals surface area contributed by atoms with Crippen LogP contribution in [0.3, 0.4) is 0 Å². The van der Waals surface area contributed by atoms with Gasteiger partial charge in [-0.1, -0.05) is 18.7 Å². The van der Waals surface area contributed by atoms with Gasteiger partial charge in [-0.25, -0.2) is 0 Å². The van der Waals surface area contributed by atoms with Gasteiger partial charge in [-0.2, -0.15) is 11.3 Å². The van der Waals surface area contributed by atoms with Crippen LogP contribution in [0.1, 0.15) is 19.4 Å². The summed E-state index contributed by atoms with van der Waals surface area (Å²) in [4.78, 5) is 4.55. The summed E-state index contributed by atoms with van der Waals surface area (Å²) in [5, 5.41) is 8.97. The lowest BCUT2D eigenvalue weighted by Gasteiger charge is -2.21. The minimum absolute atomic E-state index is 0.467. The molecule has 1 aromatic heterocycles. The Kier molecular flexibility index (Phi) is 4.29. The maximum absolute atomic E-state index is 4.55. The van der Waals surface area contributed by atoms with Crippen molar-refractivity contribution in [2.45, 2.75) is 26.3 Å². The molecule has 4 heteroatoms. The molecule has 16 heavy (non-hydrogen) atoms. The molecule has 2 atom stereocenters. The number of thiophene rings is 1. The van der Waals surface area contributed by atoms with Gasteiger partial charge in [-0.3, -0.25) is 4.99 Å². The second-order valence-electron chi connectivity index (χ2n) is 4.44. The average molecular weight is 254 g/mol. The number of nitrogens with zero attached hydrogens (tertiary/aromatic N) is 1. The van der Waals surface area contributed by atoms with Crippen molar-refractivity contribution in [3.8, 4) is 0 Å². The van der Waals surface area contributed by atoms with Gasteiger partial charge in [-0.15, -0.1) is 0 Å². The van der Waals surface area contributed by atoms with Crippen molar-refractivity contribution < 1.29 is 0 Å². The maximum Gasteiger partial charge on any atom is 0.156 e. The topological polar surface area (TPSA) is 24.4 Å². The summed E-state index contributed by atoms with van der Waals surface area (Å²) in [5.41, 5.74) is 1.42. The van der Waals surface area contributed by atoms with Crippen molar-refractivity contribution in [1.82, 2.24) is 5.32 Å². The van der Waals surface area contributed by atoms with Gasteiger partial charge in [0.2, 0.25) is 0 Å². The normalized spacial score (nSPS) is 22.6. The largest absolute Gasteiger partial charge is 0.362 e. The highest BCUT2D eigenvalue weighted by atomic mass is 32.2. The van der Waals surface area contributed by atoms with E-state index in [9.17, 15) is 0 Å². The Labute approximate surface area is 106 Å². The molecule has 0 bridgehead atoms. The van der Waals surface area contributed by atoms with Gasteiger partial charge in [0.05, 0.1) is 0 Å². The van der Waals surface area contributed by atoms with Crippen molar-refractivity contribution in [3.05, 3.63) is 22.4 Å². The molecule has 0 saturated heterocycles. The van der Waals surface area contributed by atoms with Gasteiger partial charge in [-0.05, 0) is 41.7 Å². The molecule has 2 rings (SSSR count). The number of aliphatic imine (C=N–C) groups is 1. The molecule has 0 aromatic carbocycles. The van der Waals surface area contributed by atoms with Gasteiger partial charge in [0.15, 0.2) is 5.17 Å². The Balaban J connectivity index is 1.81. The van der Waals surface area contributed by atoms with Crippen molar-refractivity contribution in [2.24, 2.45) is 10.9 Å². The van der Waals surface area contributed by atoms with E-state index < -0.39 is 0 Å². The zero-order valence-corrected chi connectivity index (χ0v) is 11.4. The fraction of sp³-hybridized carbons (Fsp3) is 0.583. The molecule has 0 fully saturated rings. The second kappa shape index (κ2) is 5.73. The third kappa shape index (κ3) is 3.52. The summed E-state index contributed by atoms with van der Waals surface area (Å²) >= 11 is 3.62. The molecule has 1 aromatic rings. The van der Waals surface area contributed by atoms with Crippen LogP contribution >= 0.6 is 23.1 Å². The summed E-state index contributed by atoms with van der Waals surface area (Å²) in [7, 11) is 0. The summed E-state index contributed by atoms with van der Waals surface area (Å²) in [6.45, 7) is 5.45. The Morgan fingerprint density at radius 3 is 3.12 bits per heavy atom. The van der Waals surface area contributed by atoms with Gasteiger partial charge in [0.1, 0.15) is 0 Å². The highest BCUT2D eigenvalue weighted by Crippen LogP contribution is 2.16. The number of amidine groups is 1. The van der Waals surface area contributed by atoms with Crippen LogP contribution in [0.15, 0.2) is 21.8 Å². The minimum atomic E-state index is 0.467.